The molecule has 0 saturated carbocycles. The molecular formula is C17H36O5. The van der Waals surface area contributed by atoms with Crippen LogP contribution in [0, 0.1) is 5.92 Å². The summed E-state index contributed by atoms with van der Waals surface area (Å²) in [5.41, 5.74) is 0. The van der Waals surface area contributed by atoms with Crippen LogP contribution in [0.25, 0.3) is 0 Å². The molecular weight excluding hydrogens is 284 g/mol. The molecule has 0 aliphatic rings. The highest BCUT2D eigenvalue weighted by Crippen LogP contribution is 2.12. The van der Waals surface area contributed by atoms with E-state index in [1.807, 2.05) is 0 Å². The van der Waals surface area contributed by atoms with Crippen molar-refractivity contribution in [1.29, 1.82) is 0 Å². The highest BCUT2D eigenvalue weighted by Gasteiger charge is 2.07. The Hall–Kier alpha value is -0.810. The Bertz CT molecular complexity index is 213. The first kappa shape index (κ1) is 23.5. The second kappa shape index (κ2) is 20.2. The molecule has 5 nitrogen and oxygen atoms in total. The molecule has 0 heterocycles. The van der Waals surface area contributed by atoms with E-state index in [-0.39, 0.29) is 0 Å². The van der Waals surface area contributed by atoms with Gasteiger partial charge in [-0.3, -0.25) is 0 Å². The minimum atomic E-state index is -1.16. The van der Waals surface area contributed by atoms with Crippen LogP contribution in [0.2, 0.25) is 0 Å². The molecule has 0 amide bonds. The number of unbranched alkanes of at least 4 members (excludes halogenated alkanes) is 3. The van der Waals surface area contributed by atoms with Crippen molar-refractivity contribution in [2.24, 2.45) is 5.92 Å². The largest absolute Gasteiger partial charge is 0.505 e. The normalized spacial score (nSPS) is 11.5. The lowest BCUT2D eigenvalue weighted by Gasteiger charge is -2.12. The van der Waals surface area contributed by atoms with Gasteiger partial charge in [-0.2, -0.15) is 0 Å². The van der Waals surface area contributed by atoms with Crippen LogP contribution in [0.15, 0.2) is 0 Å². The van der Waals surface area contributed by atoms with Crippen molar-refractivity contribution < 1.29 is 24.4 Å². The number of ether oxygens (including phenoxy) is 1. The zero-order valence-electron chi connectivity index (χ0n) is 14.9. The smallest absolute Gasteiger partial charge is 0.450 e. The molecule has 0 saturated heterocycles. The first-order valence-corrected chi connectivity index (χ1v) is 8.72. The van der Waals surface area contributed by atoms with Gasteiger partial charge in [0, 0.05) is 0 Å². The summed E-state index contributed by atoms with van der Waals surface area (Å²) in [5.74, 6) is 0.404. The van der Waals surface area contributed by atoms with Crippen LogP contribution in [0.4, 0.5) is 4.79 Å². The fraction of sp³-hybridized carbons (Fsp3) is 0.941. The van der Waals surface area contributed by atoms with E-state index in [1.54, 1.807) is 0 Å². The van der Waals surface area contributed by atoms with Crippen molar-refractivity contribution in [2.75, 3.05) is 19.8 Å². The number of carboxylic acid groups (broad SMARTS) is 1. The van der Waals surface area contributed by atoms with Crippen molar-refractivity contribution in [3.05, 3.63) is 0 Å². The quantitative estimate of drug-likeness (QED) is 0.212. The van der Waals surface area contributed by atoms with Crippen molar-refractivity contribution in [3.63, 3.8) is 0 Å². The third-order valence-corrected chi connectivity index (χ3v) is 3.23. The van der Waals surface area contributed by atoms with Crippen molar-refractivity contribution in [2.45, 2.75) is 79.1 Å². The summed E-state index contributed by atoms with van der Waals surface area (Å²) in [7, 11) is 0. The van der Waals surface area contributed by atoms with Crippen molar-refractivity contribution >= 4 is 6.16 Å². The molecule has 5 heteroatoms. The summed E-state index contributed by atoms with van der Waals surface area (Å²) >= 11 is 0. The standard InChI is InChI=1S/C9H18O3.C8H18O2/c1-3-5-6-8(4-2)7-12-9(10)11;1-3-5-7-9-10-8-6-4-2/h8H,3-7H2,1-2H3,(H,10,11);3-8H2,1-2H3. The Balaban J connectivity index is 0. The molecule has 1 N–H and O–H groups in total. The van der Waals surface area contributed by atoms with E-state index in [0.717, 1.165) is 64.6 Å². The molecule has 0 radical (unpaired) electrons. The summed E-state index contributed by atoms with van der Waals surface area (Å²) < 4.78 is 4.51. The molecule has 22 heavy (non-hydrogen) atoms. The first-order chi connectivity index (χ1) is 10.6. The molecule has 1 atom stereocenters. The lowest BCUT2D eigenvalue weighted by Crippen LogP contribution is -2.11. The highest BCUT2D eigenvalue weighted by molar-refractivity contribution is 5.56. The van der Waals surface area contributed by atoms with Gasteiger partial charge >= 0.3 is 6.16 Å². The van der Waals surface area contributed by atoms with E-state index in [9.17, 15) is 4.79 Å². The lowest BCUT2D eigenvalue weighted by atomic mass is 10.0. The zero-order chi connectivity index (χ0) is 17.1. The fourth-order valence-electron chi connectivity index (χ4n) is 1.61. The Labute approximate surface area is 136 Å². The van der Waals surface area contributed by atoms with Crippen LogP contribution in [-0.4, -0.2) is 31.1 Å². The molecule has 0 aromatic heterocycles. The van der Waals surface area contributed by atoms with E-state index in [0.29, 0.717) is 12.5 Å². The van der Waals surface area contributed by atoms with E-state index in [4.69, 9.17) is 14.9 Å². The highest BCUT2D eigenvalue weighted by atomic mass is 17.2. The van der Waals surface area contributed by atoms with E-state index < -0.39 is 6.16 Å². The van der Waals surface area contributed by atoms with Gasteiger partial charge in [0.1, 0.15) is 0 Å². The molecule has 1 unspecified atom stereocenters. The third kappa shape index (κ3) is 21.5. The average molecular weight is 320 g/mol. The van der Waals surface area contributed by atoms with Crippen LogP contribution < -0.4 is 0 Å². The number of hydrogen-bond donors (Lipinski definition) is 1. The maximum atomic E-state index is 10.1. The van der Waals surface area contributed by atoms with Crippen LogP contribution >= 0.6 is 0 Å². The second-order valence-corrected chi connectivity index (χ2v) is 5.34. The fourth-order valence-corrected chi connectivity index (χ4v) is 1.61. The van der Waals surface area contributed by atoms with Crippen LogP contribution in [0.3, 0.4) is 0 Å². The second-order valence-electron chi connectivity index (χ2n) is 5.34. The number of rotatable bonds is 13. The third-order valence-electron chi connectivity index (χ3n) is 3.23. The SMILES string of the molecule is CCCCC(CC)COC(=O)O.CCCCOOCCCC. The first-order valence-electron chi connectivity index (χ1n) is 8.72. The maximum Gasteiger partial charge on any atom is 0.505 e. The van der Waals surface area contributed by atoms with Crippen LogP contribution in [0.1, 0.15) is 79.1 Å². The van der Waals surface area contributed by atoms with Gasteiger partial charge < -0.3 is 9.84 Å². The van der Waals surface area contributed by atoms with E-state index >= 15 is 0 Å². The Morgan fingerprint density at radius 2 is 1.41 bits per heavy atom. The molecule has 0 spiro atoms. The van der Waals surface area contributed by atoms with Crippen molar-refractivity contribution in [3.8, 4) is 0 Å². The molecule has 0 bridgehead atoms. The Morgan fingerprint density at radius 1 is 0.909 bits per heavy atom. The van der Waals surface area contributed by atoms with Gasteiger partial charge in [0.25, 0.3) is 0 Å². The van der Waals surface area contributed by atoms with Gasteiger partial charge in [0.15, 0.2) is 0 Å². The minimum Gasteiger partial charge on any atom is -0.450 e. The summed E-state index contributed by atoms with van der Waals surface area (Å²) in [6.07, 6.45) is 7.72. The molecule has 0 aromatic carbocycles. The molecule has 0 aliphatic heterocycles. The molecule has 0 rings (SSSR count). The lowest BCUT2D eigenvalue weighted by molar-refractivity contribution is -0.295. The van der Waals surface area contributed by atoms with Gasteiger partial charge in [-0.15, -0.1) is 0 Å². The summed E-state index contributed by atoms with van der Waals surface area (Å²) in [4.78, 5) is 19.8. The minimum absolute atomic E-state index is 0.353. The van der Waals surface area contributed by atoms with Gasteiger partial charge in [-0.05, 0) is 25.2 Å². The summed E-state index contributed by atoms with van der Waals surface area (Å²) in [5, 5.41) is 8.26. The van der Waals surface area contributed by atoms with E-state index in [1.165, 1.54) is 0 Å². The summed E-state index contributed by atoms with van der Waals surface area (Å²) in [6.45, 7) is 10.3. The molecule has 0 aliphatic carbocycles. The molecule has 134 valence electrons. The molecule has 0 fully saturated rings. The zero-order valence-corrected chi connectivity index (χ0v) is 14.9. The van der Waals surface area contributed by atoms with Gasteiger partial charge in [0.2, 0.25) is 0 Å². The van der Waals surface area contributed by atoms with Crippen LogP contribution in [-0.2, 0) is 14.5 Å². The number of hydrogen-bond acceptors (Lipinski definition) is 4. The predicted octanol–water partition coefficient (Wildman–Crippen LogP) is 5.43. The van der Waals surface area contributed by atoms with E-state index in [2.05, 4.69) is 32.4 Å². The van der Waals surface area contributed by atoms with Gasteiger partial charge in [0.05, 0.1) is 19.8 Å². The van der Waals surface area contributed by atoms with Gasteiger partial charge in [-0.1, -0.05) is 59.8 Å². The number of carbonyl (C=O) groups is 1. The Kier molecular flexibility index (Phi) is 21.5. The predicted molar refractivity (Wildman–Crippen MR) is 89.0 cm³/mol. The molecule has 0 aromatic rings. The van der Waals surface area contributed by atoms with Crippen LogP contribution in [0.5, 0.6) is 0 Å². The van der Waals surface area contributed by atoms with Crippen molar-refractivity contribution in [1.82, 2.24) is 0 Å². The Morgan fingerprint density at radius 3 is 1.77 bits per heavy atom. The van der Waals surface area contributed by atoms with Gasteiger partial charge in [-0.25, -0.2) is 14.6 Å². The summed E-state index contributed by atoms with van der Waals surface area (Å²) in [6, 6.07) is 0. The average Bonchev–Trinajstić information content (AvgIpc) is 2.51. The maximum absolute atomic E-state index is 10.1. The monoisotopic (exact) mass is 320 g/mol. The topological polar surface area (TPSA) is 65.0 Å².